The summed E-state index contributed by atoms with van der Waals surface area (Å²) in [7, 11) is 0. The van der Waals surface area contributed by atoms with E-state index in [4.69, 9.17) is 4.42 Å². The summed E-state index contributed by atoms with van der Waals surface area (Å²) in [4.78, 5) is 27.7. The molecule has 1 fully saturated rings. The van der Waals surface area contributed by atoms with Crippen LogP contribution in [0.4, 0.5) is 4.39 Å². The van der Waals surface area contributed by atoms with Gasteiger partial charge in [0.1, 0.15) is 17.1 Å². The highest BCUT2D eigenvalue weighted by molar-refractivity contribution is 8.00. The number of hydrogen-bond acceptors (Lipinski definition) is 4. The van der Waals surface area contributed by atoms with Gasteiger partial charge >= 0.3 is 0 Å². The lowest BCUT2D eigenvalue weighted by molar-refractivity contribution is -0.147. The monoisotopic (exact) mass is 508 g/mol. The third kappa shape index (κ3) is 7.47. The van der Waals surface area contributed by atoms with Crippen LogP contribution in [0.2, 0.25) is 0 Å². The Kier molecular flexibility index (Phi) is 9.61. The molecule has 2 atom stereocenters. The van der Waals surface area contributed by atoms with Gasteiger partial charge in [-0.15, -0.1) is 11.8 Å². The fourth-order valence-electron chi connectivity index (χ4n) is 4.36. The molecule has 0 spiro atoms. The molecule has 0 aliphatic carbocycles. The van der Waals surface area contributed by atoms with Crippen molar-refractivity contribution in [2.45, 2.75) is 55.6 Å². The van der Waals surface area contributed by atoms with E-state index >= 15 is 0 Å². The number of β-lactam (4-membered cyclic amide) rings is 1. The van der Waals surface area contributed by atoms with Crippen LogP contribution in [0.15, 0.2) is 77.6 Å². The third-order valence-corrected chi connectivity index (χ3v) is 7.76. The van der Waals surface area contributed by atoms with Crippen LogP contribution >= 0.6 is 11.8 Å². The first-order valence-electron chi connectivity index (χ1n) is 12.6. The SMILES string of the molecule is O=C(NCCCCCCc1ccc(F)cc1)C(Cc1ccoc1)N1CC(SCc2ccccc2)C1=O. The van der Waals surface area contributed by atoms with Gasteiger partial charge in [-0.05, 0) is 54.2 Å². The van der Waals surface area contributed by atoms with E-state index in [2.05, 4.69) is 17.4 Å². The van der Waals surface area contributed by atoms with Gasteiger partial charge < -0.3 is 14.6 Å². The van der Waals surface area contributed by atoms with E-state index in [1.807, 2.05) is 36.4 Å². The van der Waals surface area contributed by atoms with Gasteiger partial charge in [0.2, 0.25) is 11.8 Å². The summed E-state index contributed by atoms with van der Waals surface area (Å²) in [5, 5.41) is 2.93. The topological polar surface area (TPSA) is 62.6 Å². The molecule has 0 radical (unpaired) electrons. The molecule has 190 valence electrons. The highest BCUT2D eigenvalue weighted by atomic mass is 32.2. The predicted molar refractivity (Wildman–Crippen MR) is 141 cm³/mol. The van der Waals surface area contributed by atoms with E-state index in [1.54, 1.807) is 29.2 Å². The molecular formula is C29H33FN2O3S. The summed E-state index contributed by atoms with van der Waals surface area (Å²) in [6.07, 6.45) is 8.58. The first kappa shape index (κ1) is 26.0. The summed E-state index contributed by atoms with van der Waals surface area (Å²) < 4.78 is 18.2. The van der Waals surface area contributed by atoms with E-state index in [-0.39, 0.29) is 22.9 Å². The van der Waals surface area contributed by atoms with Gasteiger partial charge in [0, 0.05) is 25.3 Å². The zero-order valence-electron chi connectivity index (χ0n) is 20.4. The van der Waals surface area contributed by atoms with E-state index in [0.717, 1.165) is 49.0 Å². The quantitative estimate of drug-likeness (QED) is 0.234. The second-order valence-electron chi connectivity index (χ2n) is 9.21. The van der Waals surface area contributed by atoms with Gasteiger partial charge in [0.25, 0.3) is 0 Å². The van der Waals surface area contributed by atoms with E-state index < -0.39 is 6.04 Å². The Morgan fingerprint density at radius 1 is 1.00 bits per heavy atom. The highest BCUT2D eigenvalue weighted by Gasteiger charge is 2.43. The number of carbonyl (C=O) groups excluding carboxylic acids is 2. The van der Waals surface area contributed by atoms with Gasteiger partial charge in [-0.25, -0.2) is 4.39 Å². The summed E-state index contributed by atoms with van der Waals surface area (Å²) in [5.41, 5.74) is 3.24. The first-order chi connectivity index (χ1) is 17.6. The molecule has 4 rings (SSSR count). The largest absolute Gasteiger partial charge is 0.472 e. The summed E-state index contributed by atoms with van der Waals surface area (Å²) >= 11 is 1.63. The van der Waals surface area contributed by atoms with Crippen LogP contribution in [0.1, 0.15) is 42.4 Å². The number of rotatable bonds is 14. The number of amides is 2. The van der Waals surface area contributed by atoms with Crippen molar-refractivity contribution in [2.24, 2.45) is 0 Å². The lowest BCUT2D eigenvalue weighted by Crippen LogP contribution is -2.63. The molecule has 2 aromatic carbocycles. The van der Waals surface area contributed by atoms with Crippen LogP contribution in [0.5, 0.6) is 0 Å². The molecule has 7 heteroatoms. The predicted octanol–water partition coefficient (Wildman–Crippen LogP) is 5.39. The van der Waals surface area contributed by atoms with Crippen LogP contribution in [-0.4, -0.2) is 41.1 Å². The smallest absolute Gasteiger partial charge is 0.243 e. The number of furan rings is 1. The Morgan fingerprint density at radius 3 is 2.50 bits per heavy atom. The summed E-state index contributed by atoms with van der Waals surface area (Å²) in [6, 6.07) is 18.1. The molecule has 5 nitrogen and oxygen atoms in total. The van der Waals surface area contributed by atoms with Crippen LogP contribution < -0.4 is 5.32 Å². The standard InChI is InChI=1S/C29H33FN2O3S/c30-25-13-11-22(12-14-25)8-4-1-2-7-16-31-28(33)26(18-24-15-17-35-20-24)32-19-27(29(32)34)36-21-23-9-5-3-6-10-23/h3,5-6,9-15,17,20,26-27H,1-2,4,7-8,16,18-19,21H2,(H,31,33). The molecule has 2 heterocycles. The zero-order valence-corrected chi connectivity index (χ0v) is 21.2. The molecule has 1 aromatic heterocycles. The summed E-state index contributed by atoms with van der Waals surface area (Å²) in [5.74, 6) is 0.495. The van der Waals surface area contributed by atoms with Gasteiger partial charge in [-0.3, -0.25) is 9.59 Å². The van der Waals surface area contributed by atoms with E-state index in [1.165, 1.54) is 17.7 Å². The first-order valence-corrected chi connectivity index (χ1v) is 13.6. The third-order valence-electron chi connectivity index (χ3n) is 6.51. The number of unbranched alkanes of at least 4 members (excludes halogenated alkanes) is 3. The van der Waals surface area contributed by atoms with E-state index in [9.17, 15) is 14.0 Å². The van der Waals surface area contributed by atoms with Gasteiger partial charge in [0.05, 0.1) is 12.5 Å². The second kappa shape index (κ2) is 13.3. The molecule has 1 N–H and O–H groups in total. The van der Waals surface area contributed by atoms with Gasteiger partial charge in [0.15, 0.2) is 0 Å². The molecule has 36 heavy (non-hydrogen) atoms. The molecule has 2 unspecified atom stereocenters. The van der Waals surface area contributed by atoms with E-state index in [0.29, 0.717) is 19.5 Å². The number of nitrogens with one attached hydrogen (secondary N) is 1. The average Bonchev–Trinajstić information content (AvgIpc) is 3.41. The van der Waals surface area contributed by atoms with Crippen molar-refractivity contribution in [3.05, 3.63) is 95.7 Å². The number of thioether (sulfide) groups is 1. The molecular weight excluding hydrogens is 475 g/mol. The van der Waals surface area contributed by atoms with Crippen molar-refractivity contribution in [1.29, 1.82) is 0 Å². The average molecular weight is 509 g/mol. The van der Waals surface area contributed by atoms with Crippen molar-refractivity contribution in [1.82, 2.24) is 10.2 Å². The number of benzene rings is 2. The maximum atomic E-state index is 13.1. The fraction of sp³-hybridized carbons (Fsp3) is 0.379. The van der Waals surface area contributed by atoms with Crippen molar-refractivity contribution in [3.8, 4) is 0 Å². The maximum absolute atomic E-state index is 13.1. The Balaban J connectivity index is 1.19. The second-order valence-corrected chi connectivity index (χ2v) is 10.4. The molecule has 2 amide bonds. The lowest BCUT2D eigenvalue weighted by Gasteiger charge is -2.42. The van der Waals surface area contributed by atoms with Crippen LogP contribution in [0.25, 0.3) is 0 Å². The van der Waals surface area contributed by atoms with Crippen molar-refractivity contribution >= 4 is 23.6 Å². The van der Waals surface area contributed by atoms with Crippen LogP contribution in [0.3, 0.4) is 0 Å². The minimum Gasteiger partial charge on any atom is -0.472 e. The number of carbonyl (C=O) groups is 2. The van der Waals surface area contributed by atoms with Crippen molar-refractivity contribution < 1.29 is 18.4 Å². The Hall–Kier alpha value is -3.06. The fourth-order valence-corrected chi connectivity index (χ4v) is 5.49. The van der Waals surface area contributed by atoms with Gasteiger partial charge in [-0.1, -0.05) is 55.3 Å². The molecule has 0 bridgehead atoms. The van der Waals surface area contributed by atoms with Crippen LogP contribution in [-0.2, 0) is 28.2 Å². The maximum Gasteiger partial charge on any atom is 0.243 e. The minimum absolute atomic E-state index is 0.0281. The minimum atomic E-state index is -0.526. The number of likely N-dealkylation sites (tertiary alicyclic amines) is 1. The Labute approximate surface area is 216 Å². The van der Waals surface area contributed by atoms with Crippen molar-refractivity contribution in [2.75, 3.05) is 13.1 Å². The number of nitrogens with zero attached hydrogens (tertiary/aromatic N) is 1. The zero-order chi connectivity index (χ0) is 25.2. The molecule has 1 aliphatic rings. The molecule has 1 aliphatic heterocycles. The Morgan fingerprint density at radius 2 is 1.78 bits per heavy atom. The lowest BCUT2D eigenvalue weighted by atomic mass is 10.0. The number of aryl methyl sites for hydroxylation is 1. The Bertz CT molecular complexity index is 1090. The van der Waals surface area contributed by atoms with Crippen molar-refractivity contribution in [3.63, 3.8) is 0 Å². The molecule has 3 aromatic rings. The highest BCUT2D eigenvalue weighted by Crippen LogP contribution is 2.29. The van der Waals surface area contributed by atoms with Crippen LogP contribution in [0, 0.1) is 5.82 Å². The van der Waals surface area contributed by atoms with Gasteiger partial charge in [-0.2, -0.15) is 0 Å². The summed E-state index contributed by atoms with van der Waals surface area (Å²) in [6.45, 7) is 1.17. The molecule has 1 saturated heterocycles. The normalized spacial score (nSPS) is 16.0. The molecule has 0 saturated carbocycles. The number of halogens is 1. The number of hydrogen-bond donors (Lipinski definition) is 1.